The summed E-state index contributed by atoms with van der Waals surface area (Å²) in [6, 6.07) is -0.937. The smallest absolute Gasteiger partial charge is 0.309 e. The first-order valence-corrected chi connectivity index (χ1v) is 14.5. The van der Waals surface area contributed by atoms with Crippen molar-refractivity contribution in [3.8, 4) is 0 Å². The van der Waals surface area contributed by atoms with Gasteiger partial charge < -0.3 is 15.6 Å². The molecule has 0 radical (unpaired) electrons. The second-order valence-corrected chi connectivity index (χ2v) is 13.6. The largest absolute Gasteiger partial charge is 0.462 e. The second-order valence-electron chi connectivity index (χ2n) is 13.6. The zero-order valence-electron chi connectivity index (χ0n) is 23.1. The number of Topliss-reactive ketones (excluding diaryl/α,β-unsaturated/α-hetero) is 2. The minimum atomic E-state index is -0.937. The van der Waals surface area contributed by atoms with Gasteiger partial charge in [0.25, 0.3) is 0 Å². The highest BCUT2D eigenvalue weighted by molar-refractivity contribution is 5.88. The number of rotatable bonds is 8. The standard InChI is InChI=1S/C30H49NO5/c1-17(2)22(15-27(34)26(31)16-32)28(35)36-20-10-12-29(4)19(14-20)6-7-21-24-9-8-23(18(3)33)30(24,5)13-11-25(21)29/h17,19-26,32H,6-16,31H2,1-5H3/t19-,20+,21-,22-,23+,24-,25-,26-,29-,30+/m0/s1. The summed E-state index contributed by atoms with van der Waals surface area (Å²) < 4.78 is 6.05. The molecule has 204 valence electrons. The normalized spacial score (nSPS) is 41.6. The fraction of sp³-hybridized carbons (Fsp3) is 0.900. The summed E-state index contributed by atoms with van der Waals surface area (Å²) in [6.07, 6.45) is 9.91. The lowest BCUT2D eigenvalue weighted by Gasteiger charge is -2.61. The number of ether oxygens (including phenoxy) is 1. The van der Waals surface area contributed by atoms with E-state index in [2.05, 4.69) is 13.8 Å². The van der Waals surface area contributed by atoms with Crippen LogP contribution < -0.4 is 5.73 Å². The van der Waals surface area contributed by atoms with E-state index in [-0.39, 0.29) is 46.9 Å². The van der Waals surface area contributed by atoms with E-state index in [1.807, 2.05) is 13.8 Å². The summed E-state index contributed by atoms with van der Waals surface area (Å²) in [5.74, 6) is 2.17. The van der Waals surface area contributed by atoms with Crippen LogP contribution >= 0.6 is 0 Å². The highest BCUT2D eigenvalue weighted by atomic mass is 16.5. The van der Waals surface area contributed by atoms with Gasteiger partial charge in [0.05, 0.1) is 18.6 Å². The Labute approximate surface area is 217 Å². The average Bonchev–Trinajstić information content (AvgIpc) is 3.19. The number of fused-ring (bicyclic) bond motifs is 5. The predicted molar refractivity (Wildman–Crippen MR) is 139 cm³/mol. The van der Waals surface area contributed by atoms with E-state index < -0.39 is 18.6 Å². The molecule has 4 rings (SSSR count). The van der Waals surface area contributed by atoms with Crippen LogP contribution in [-0.2, 0) is 19.1 Å². The van der Waals surface area contributed by atoms with Crippen molar-refractivity contribution < 1.29 is 24.2 Å². The van der Waals surface area contributed by atoms with Crippen molar-refractivity contribution >= 4 is 17.5 Å². The zero-order chi connectivity index (χ0) is 26.4. The van der Waals surface area contributed by atoms with Gasteiger partial charge in [-0.1, -0.05) is 27.7 Å². The first-order valence-electron chi connectivity index (χ1n) is 14.5. The lowest BCUT2D eigenvalue weighted by molar-refractivity contribution is -0.169. The fourth-order valence-electron chi connectivity index (χ4n) is 9.31. The SMILES string of the molecule is CC(=O)[C@H]1CC[C@H]2[C@@H]3CC[C@H]4C[C@H](OC(=O)[C@@H](CC(=O)[C@@H](N)CO)C(C)C)CC[C@]4(C)[C@H]3CC[C@]12C. The van der Waals surface area contributed by atoms with Crippen molar-refractivity contribution in [3.63, 3.8) is 0 Å². The van der Waals surface area contributed by atoms with Gasteiger partial charge in [-0.25, -0.2) is 0 Å². The molecule has 4 aliphatic rings. The molecule has 0 aliphatic heterocycles. The predicted octanol–water partition coefficient (Wildman–Crippen LogP) is 4.70. The van der Waals surface area contributed by atoms with Gasteiger partial charge in [0.15, 0.2) is 5.78 Å². The van der Waals surface area contributed by atoms with Crippen LogP contribution in [0.4, 0.5) is 0 Å². The molecule has 6 nitrogen and oxygen atoms in total. The summed E-state index contributed by atoms with van der Waals surface area (Å²) in [6.45, 7) is 10.2. The number of hydrogen-bond acceptors (Lipinski definition) is 6. The Morgan fingerprint density at radius 3 is 2.28 bits per heavy atom. The molecule has 0 bridgehead atoms. The average molecular weight is 504 g/mol. The molecule has 0 saturated heterocycles. The third kappa shape index (κ3) is 4.81. The highest BCUT2D eigenvalue weighted by Gasteiger charge is 2.61. The van der Waals surface area contributed by atoms with Crippen molar-refractivity contribution in [2.24, 2.45) is 58.0 Å². The summed E-state index contributed by atoms with van der Waals surface area (Å²) in [5, 5.41) is 9.20. The van der Waals surface area contributed by atoms with Gasteiger partial charge in [0, 0.05) is 12.3 Å². The number of carbonyl (C=O) groups is 3. The van der Waals surface area contributed by atoms with E-state index in [1.165, 1.54) is 32.1 Å². The number of ketones is 2. The molecular formula is C30H49NO5. The maximum absolute atomic E-state index is 13.1. The summed E-state index contributed by atoms with van der Waals surface area (Å²) in [7, 11) is 0. The van der Waals surface area contributed by atoms with Crippen LogP contribution in [0, 0.1) is 52.3 Å². The van der Waals surface area contributed by atoms with Crippen molar-refractivity contribution in [2.75, 3.05) is 6.61 Å². The van der Waals surface area contributed by atoms with Gasteiger partial charge >= 0.3 is 5.97 Å². The first kappa shape index (κ1) is 27.8. The van der Waals surface area contributed by atoms with Crippen molar-refractivity contribution in [2.45, 2.75) is 111 Å². The lowest BCUT2D eigenvalue weighted by Crippen LogP contribution is -2.54. The second kappa shape index (κ2) is 10.5. The number of aliphatic hydroxyl groups is 1. The Kier molecular flexibility index (Phi) is 8.08. The van der Waals surface area contributed by atoms with E-state index in [1.54, 1.807) is 6.92 Å². The number of nitrogens with two attached hydrogens (primary N) is 1. The van der Waals surface area contributed by atoms with Crippen LogP contribution in [0.25, 0.3) is 0 Å². The molecule has 4 aliphatic carbocycles. The molecule has 0 aromatic carbocycles. The fourth-order valence-corrected chi connectivity index (χ4v) is 9.31. The Balaban J connectivity index is 1.40. The van der Waals surface area contributed by atoms with Crippen LogP contribution in [0.5, 0.6) is 0 Å². The van der Waals surface area contributed by atoms with E-state index >= 15 is 0 Å². The van der Waals surface area contributed by atoms with Crippen LogP contribution in [-0.4, -0.2) is 41.4 Å². The van der Waals surface area contributed by atoms with Gasteiger partial charge in [-0.3, -0.25) is 14.4 Å². The number of esters is 1. The Hall–Kier alpha value is -1.27. The Morgan fingerprint density at radius 1 is 0.972 bits per heavy atom. The first-order chi connectivity index (χ1) is 16.9. The van der Waals surface area contributed by atoms with E-state index in [0.29, 0.717) is 23.5 Å². The van der Waals surface area contributed by atoms with Crippen LogP contribution in [0.2, 0.25) is 0 Å². The molecule has 10 atom stereocenters. The summed E-state index contributed by atoms with van der Waals surface area (Å²) in [5.41, 5.74) is 6.15. The molecule has 6 heteroatoms. The van der Waals surface area contributed by atoms with Crippen LogP contribution in [0.15, 0.2) is 0 Å². The van der Waals surface area contributed by atoms with Crippen LogP contribution in [0.1, 0.15) is 98.8 Å². The van der Waals surface area contributed by atoms with Gasteiger partial charge in [0.2, 0.25) is 0 Å². The van der Waals surface area contributed by atoms with E-state index in [4.69, 9.17) is 10.5 Å². The van der Waals surface area contributed by atoms with Gasteiger partial charge in [-0.2, -0.15) is 0 Å². The van der Waals surface area contributed by atoms with E-state index in [9.17, 15) is 19.5 Å². The lowest BCUT2D eigenvalue weighted by atomic mass is 9.44. The molecule has 36 heavy (non-hydrogen) atoms. The summed E-state index contributed by atoms with van der Waals surface area (Å²) >= 11 is 0. The molecule has 0 spiro atoms. The topological polar surface area (TPSA) is 107 Å². The molecule has 0 aromatic rings. The van der Waals surface area contributed by atoms with Gasteiger partial charge in [-0.15, -0.1) is 0 Å². The van der Waals surface area contributed by atoms with Crippen LogP contribution in [0.3, 0.4) is 0 Å². The number of aliphatic hydroxyl groups excluding tert-OH is 1. The van der Waals surface area contributed by atoms with Crippen molar-refractivity contribution in [1.82, 2.24) is 0 Å². The van der Waals surface area contributed by atoms with Gasteiger partial charge in [-0.05, 0) is 105 Å². The Morgan fingerprint density at radius 2 is 1.64 bits per heavy atom. The number of carbonyl (C=O) groups excluding carboxylic acids is 3. The molecule has 4 saturated carbocycles. The minimum absolute atomic E-state index is 0.0251. The molecule has 0 amide bonds. The molecule has 4 fully saturated rings. The minimum Gasteiger partial charge on any atom is -0.462 e. The number of hydrogen-bond donors (Lipinski definition) is 2. The van der Waals surface area contributed by atoms with Crippen molar-refractivity contribution in [3.05, 3.63) is 0 Å². The third-order valence-corrected chi connectivity index (χ3v) is 11.5. The summed E-state index contributed by atoms with van der Waals surface area (Å²) in [4.78, 5) is 37.8. The van der Waals surface area contributed by atoms with E-state index in [0.717, 1.165) is 31.6 Å². The Bertz CT molecular complexity index is 856. The maximum atomic E-state index is 13.1. The quantitative estimate of drug-likeness (QED) is 0.465. The maximum Gasteiger partial charge on any atom is 0.309 e. The molecule has 0 heterocycles. The molecule has 3 N–H and O–H groups in total. The zero-order valence-corrected chi connectivity index (χ0v) is 23.1. The molecule has 0 aromatic heterocycles. The van der Waals surface area contributed by atoms with Gasteiger partial charge in [0.1, 0.15) is 11.9 Å². The highest BCUT2D eigenvalue weighted by Crippen LogP contribution is 2.67. The monoisotopic (exact) mass is 503 g/mol. The third-order valence-electron chi connectivity index (χ3n) is 11.5. The van der Waals surface area contributed by atoms with Crippen molar-refractivity contribution in [1.29, 1.82) is 0 Å². The molecular weight excluding hydrogens is 454 g/mol. The molecule has 0 unspecified atom stereocenters.